The van der Waals surface area contributed by atoms with Crippen LogP contribution in [0, 0.1) is 0 Å². The Morgan fingerprint density at radius 2 is 2.00 bits per heavy atom. The normalized spacial score (nSPS) is 13.2. The number of aromatic nitrogens is 2. The zero-order valence-electron chi connectivity index (χ0n) is 14.8. The Hall–Kier alpha value is -2.93. The van der Waals surface area contributed by atoms with Crippen LogP contribution in [0.15, 0.2) is 48.5 Å². The third kappa shape index (κ3) is 4.43. The summed E-state index contributed by atoms with van der Waals surface area (Å²) in [6.45, 7) is 0. The number of carbonyl (C=O) groups excluding carboxylic acids is 1. The van der Waals surface area contributed by atoms with Crippen LogP contribution in [0.4, 0.5) is 0 Å². The number of carbonyl (C=O) groups is 1. The highest BCUT2D eigenvalue weighted by atomic mass is 32.1. The number of benzene rings is 2. The molecule has 1 aliphatic carbocycles. The molecule has 0 atom stereocenters. The van der Waals surface area contributed by atoms with Crippen molar-refractivity contribution >= 4 is 17.4 Å². The maximum absolute atomic E-state index is 12.2. The zero-order chi connectivity index (χ0) is 18.6. The highest BCUT2D eigenvalue weighted by Crippen LogP contribution is 2.33. The molecule has 1 heterocycles. The van der Waals surface area contributed by atoms with Gasteiger partial charge < -0.3 is 14.8 Å². The minimum atomic E-state index is -0.0941. The molecule has 0 spiro atoms. The first-order valence-corrected chi connectivity index (χ1v) is 9.52. The Bertz CT molecular complexity index is 939. The molecule has 1 amide bonds. The van der Waals surface area contributed by atoms with Crippen LogP contribution < -0.4 is 14.8 Å². The molecule has 27 heavy (non-hydrogen) atoms. The van der Waals surface area contributed by atoms with Gasteiger partial charge in [-0.1, -0.05) is 30.3 Å². The summed E-state index contributed by atoms with van der Waals surface area (Å²) in [6.07, 6.45) is 2.75. The van der Waals surface area contributed by atoms with Gasteiger partial charge in [-0.05, 0) is 36.6 Å². The topological polar surface area (TPSA) is 73.3 Å². The first-order chi connectivity index (χ1) is 13.2. The van der Waals surface area contributed by atoms with Gasteiger partial charge in [-0.3, -0.25) is 4.79 Å². The largest absolute Gasteiger partial charge is 0.493 e. The molecule has 138 valence electrons. The van der Waals surface area contributed by atoms with Crippen molar-refractivity contribution in [3.05, 3.63) is 65.5 Å². The monoisotopic (exact) mass is 381 g/mol. The molecule has 1 aliphatic rings. The number of ether oxygens (including phenoxy) is 2. The molecule has 0 aliphatic heterocycles. The third-order valence-corrected chi connectivity index (χ3v) is 4.82. The van der Waals surface area contributed by atoms with Gasteiger partial charge in [0.1, 0.15) is 0 Å². The molecule has 1 fully saturated rings. The SMILES string of the molecule is COc1cc(C(=O)NC2CC2)ccc1Oc1nc(Cc2ccccc2)ns1. The van der Waals surface area contributed by atoms with Crippen molar-refractivity contribution in [2.45, 2.75) is 25.3 Å². The summed E-state index contributed by atoms with van der Waals surface area (Å²) in [5, 5.41) is 3.40. The Labute approximate surface area is 161 Å². The van der Waals surface area contributed by atoms with Crippen LogP contribution in [0.25, 0.3) is 0 Å². The van der Waals surface area contributed by atoms with E-state index in [0.717, 1.165) is 18.4 Å². The summed E-state index contributed by atoms with van der Waals surface area (Å²) < 4.78 is 15.6. The van der Waals surface area contributed by atoms with Crippen molar-refractivity contribution in [1.82, 2.24) is 14.7 Å². The van der Waals surface area contributed by atoms with Crippen LogP contribution in [-0.4, -0.2) is 28.4 Å². The van der Waals surface area contributed by atoms with Gasteiger partial charge in [-0.2, -0.15) is 9.36 Å². The van der Waals surface area contributed by atoms with Crippen molar-refractivity contribution in [2.75, 3.05) is 7.11 Å². The number of nitrogens with zero attached hydrogens (tertiary/aromatic N) is 2. The molecule has 0 unspecified atom stereocenters. The molecule has 1 aromatic heterocycles. The highest BCUT2D eigenvalue weighted by molar-refractivity contribution is 7.07. The molecule has 0 bridgehead atoms. The molecular weight excluding hydrogens is 362 g/mol. The summed E-state index contributed by atoms with van der Waals surface area (Å²) in [6, 6.07) is 15.5. The predicted molar refractivity (Wildman–Crippen MR) is 103 cm³/mol. The molecule has 2 aromatic carbocycles. The van der Waals surface area contributed by atoms with Gasteiger partial charge in [-0.25, -0.2) is 0 Å². The Morgan fingerprint density at radius 1 is 1.19 bits per heavy atom. The second-order valence-electron chi connectivity index (χ2n) is 6.35. The lowest BCUT2D eigenvalue weighted by Crippen LogP contribution is -2.25. The van der Waals surface area contributed by atoms with Crippen molar-refractivity contribution < 1.29 is 14.3 Å². The predicted octanol–water partition coefficient (Wildman–Crippen LogP) is 3.82. The minimum Gasteiger partial charge on any atom is -0.493 e. The third-order valence-electron chi connectivity index (χ3n) is 4.19. The maximum atomic E-state index is 12.2. The van der Waals surface area contributed by atoms with Crippen molar-refractivity contribution in [3.8, 4) is 16.7 Å². The van der Waals surface area contributed by atoms with Gasteiger partial charge in [0, 0.05) is 29.6 Å². The Kier molecular flexibility index (Phi) is 5.02. The van der Waals surface area contributed by atoms with Crippen LogP contribution in [0.3, 0.4) is 0 Å². The number of hydrogen-bond donors (Lipinski definition) is 1. The molecule has 3 aromatic rings. The van der Waals surface area contributed by atoms with Gasteiger partial charge in [0.25, 0.3) is 11.1 Å². The maximum Gasteiger partial charge on any atom is 0.298 e. The minimum absolute atomic E-state index is 0.0941. The summed E-state index contributed by atoms with van der Waals surface area (Å²) in [7, 11) is 1.55. The lowest BCUT2D eigenvalue weighted by Gasteiger charge is -2.10. The second-order valence-corrected chi connectivity index (χ2v) is 7.07. The molecule has 1 N–H and O–H groups in total. The Morgan fingerprint density at radius 3 is 2.74 bits per heavy atom. The first kappa shape index (κ1) is 17.5. The smallest absolute Gasteiger partial charge is 0.298 e. The number of hydrogen-bond acceptors (Lipinski definition) is 6. The molecule has 0 radical (unpaired) electrons. The second kappa shape index (κ2) is 7.75. The fraction of sp³-hybridized carbons (Fsp3) is 0.250. The molecule has 4 rings (SSSR count). The van der Waals surface area contributed by atoms with Gasteiger partial charge >= 0.3 is 0 Å². The molecule has 6 nitrogen and oxygen atoms in total. The summed E-state index contributed by atoms with van der Waals surface area (Å²) in [4.78, 5) is 16.6. The van der Waals surface area contributed by atoms with E-state index < -0.39 is 0 Å². The fourth-order valence-corrected chi connectivity index (χ4v) is 3.18. The van der Waals surface area contributed by atoms with E-state index in [1.54, 1.807) is 25.3 Å². The number of nitrogens with one attached hydrogen (secondary N) is 1. The van der Waals surface area contributed by atoms with Crippen molar-refractivity contribution in [3.63, 3.8) is 0 Å². The van der Waals surface area contributed by atoms with Crippen LogP contribution in [0.2, 0.25) is 0 Å². The fourth-order valence-electron chi connectivity index (χ4n) is 2.61. The first-order valence-electron chi connectivity index (χ1n) is 8.74. The quantitative estimate of drug-likeness (QED) is 0.673. The van der Waals surface area contributed by atoms with E-state index >= 15 is 0 Å². The van der Waals surface area contributed by atoms with E-state index in [4.69, 9.17) is 9.47 Å². The zero-order valence-corrected chi connectivity index (χ0v) is 15.7. The van der Waals surface area contributed by atoms with E-state index in [1.807, 2.05) is 30.3 Å². The van der Waals surface area contributed by atoms with E-state index in [-0.39, 0.29) is 5.91 Å². The van der Waals surface area contributed by atoms with Crippen LogP contribution in [-0.2, 0) is 6.42 Å². The van der Waals surface area contributed by atoms with Crippen molar-refractivity contribution in [2.24, 2.45) is 0 Å². The lowest BCUT2D eigenvalue weighted by atomic mass is 10.1. The lowest BCUT2D eigenvalue weighted by molar-refractivity contribution is 0.0950. The summed E-state index contributed by atoms with van der Waals surface area (Å²) in [5.74, 6) is 1.60. The molecule has 7 heteroatoms. The van der Waals surface area contributed by atoms with Gasteiger partial charge in [-0.15, -0.1) is 0 Å². The van der Waals surface area contributed by atoms with Crippen LogP contribution in [0.5, 0.6) is 16.7 Å². The standard InChI is InChI=1S/C20H19N3O3S/c1-25-17-12-14(19(24)21-15-8-9-15)7-10-16(17)26-20-22-18(23-27-20)11-13-5-3-2-4-6-13/h2-7,10,12,15H,8-9,11H2,1H3,(H,21,24). The summed E-state index contributed by atoms with van der Waals surface area (Å²) in [5.41, 5.74) is 1.69. The van der Waals surface area contributed by atoms with Crippen LogP contribution in [0.1, 0.15) is 34.6 Å². The average Bonchev–Trinajstić information content (AvgIpc) is 3.40. The molecule has 0 saturated heterocycles. The molecular formula is C20H19N3O3S. The van der Waals surface area contributed by atoms with Gasteiger partial charge in [0.05, 0.1) is 7.11 Å². The Balaban J connectivity index is 1.46. The van der Waals surface area contributed by atoms with E-state index in [2.05, 4.69) is 14.7 Å². The van der Waals surface area contributed by atoms with Gasteiger partial charge in [0.2, 0.25) is 0 Å². The van der Waals surface area contributed by atoms with E-state index in [0.29, 0.717) is 40.5 Å². The van der Waals surface area contributed by atoms with Crippen LogP contribution >= 0.6 is 11.5 Å². The van der Waals surface area contributed by atoms with E-state index in [1.165, 1.54) is 11.5 Å². The van der Waals surface area contributed by atoms with Crippen molar-refractivity contribution in [1.29, 1.82) is 0 Å². The summed E-state index contributed by atoms with van der Waals surface area (Å²) >= 11 is 1.19. The average molecular weight is 381 g/mol. The number of amides is 1. The van der Waals surface area contributed by atoms with E-state index in [9.17, 15) is 4.79 Å². The number of rotatable bonds is 7. The molecule has 1 saturated carbocycles. The highest BCUT2D eigenvalue weighted by Gasteiger charge is 2.24. The van der Waals surface area contributed by atoms with Gasteiger partial charge in [0.15, 0.2) is 17.3 Å². The number of methoxy groups -OCH3 is 1.